The number of carbonyl (C=O) groups is 3. The Morgan fingerprint density at radius 1 is 1.03 bits per heavy atom. The average molecular weight is 466 g/mol. The third-order valence-corrected chi connectivity index (χ3v) is 4.90. The lowest BCUT2D eigenvalue weighted by Crippen LogP contribution is -2.31. The van der Waals surface area contributed by atoms with Gasteiger partial charge in [0.05, 0.1) is 16.7 Å². The van der Waals surface area contributed by atoms with Crippen LogP contribution in [0.1, 0.15) is 23.7 Å². The molecule has 34 heavy (non-hydrogen) atoms. The number of nitrogens with zero attached hydrogens (tertiary/aromatic N) is 3. The van der Waals surface area contributed by atoms with Crippen LogP contribution in [0.4, 0.5) is 11.4 Å². The summed E-state index contributed by atoms with van der Waals surface area (Å²) < 4.78 is 0. The highest BCUT2D eigenvalue weighted by Crippen LogP contribution is 2.17. The number of carbonyl (C=O) groups excluding carboxylic acids is 3. The van der Waals surface area contributed by atoms with Gasteiger partial charge in [0.25, 0.3) is 11.8 Å². The quantitative estimate of drug-likeness (QED) is 0.206. The van der Waals surface area contributed by atoms with Gasteiger partial charge in [-0.2, -0.15) is 10.2 Å². The predicted octanol–water partition coefficient (Wildman–Crippen LogP) is 2.22. The van der Waals surface area contributed by atoms with Crippen LogP contribution in [-0.4, -0.2) is 65.7 Å². The molecule has 1 atom stereocenters. The van der Waals surface area contributed by atoms with Crippen molar-refractivity contribution >= 4 is 40.0 Å². The number of amides is 2. The fraction of sp³-hybridized carbons (Fsp3) is 0.304. The van der Waals surface area contributed by atoms with Gasteiger partial charge in [-0.15, -0.1) is 0 Å². The molecule has 2 aromatic carbocycles. The zero-order valence-electron chi connectivity index (χ0n) is 19.2. The third kappa shape index (κ3) is 6.69. The maximum absolute atomic E-state index is 12.6. The number of anilines is 1. The molecule has 1 unspecified atom stereocenters. The Balaban J connectivity index is 1.61. The first-order chi connectivity index (χ1) is 16.2. The number of aromatic amines is 2. The fourth-order valence-electron chi connectivity index (χ4n) is 3.14. The van der Waals surface area contributed by atoms with Gasteiger partial charge in [0.15, 0.2) is 5.78 Å². The van der Waals surface area contributed by atoms with Crippen LogP contribution in [0.25, 0.3) is 11.0 Å². The van der Waals surface area contributed by atoms with Gasteiger partial charge in [-0.3, -0.25) is 14.4 Å². The Bertz CT molecular complexity index is 1260. The summed E-state index contributed by atoms with van der Waals surface area (Å²) in [5.41, 5.74) is 2.02. The molecule has 11 nitrogen and oxygen atoms in total. The Labute approximate surface area is 195 Å². The monoisotopic (exact) mass is 465 g/mol. The number of nitrogens with one attached hydrogen (secondary N) is 4. The highest BCUT2D eigenvalue weighted by molar-refractivity contribution is 6.10. The molecular weight excluding hydrogens is 438 g/mol. The van der Waals surface area contributed by atoms with Crippen molar-refractivity contribution in [1.82, 2.24) is 20.2 Å². The van der Waals surface area contributed by atoms with Crippen LogP contribution in [0.3, 0.4) is 0 Å². The van der Waals surface area contributed by atoms with Crippen LogP contribution in [-0.2, 0) is 9.59 Å². The van der Waals surface area contributed by atoms with E-state index in [9.17, 15) is 19.2 Å². The lowest BCUT2D eigenvalue weighted by molar-refractivity contribution is -0.126. The smallest absolute Gasteiger partial charge is 0.323 e. The third-order valence-electron chi connectivity index (χ3n) is 4.90. The lowest BCUT2D eigenvalue weighted by atomic mass is 10.2. The van der Waals surface area contributed by atoms with Crippen LogP contribution >= 0.6 is 0 Å². The molecule has 1 heterocycles. The van der Waals surface area contributed by atoms with Gasteiger partial charge < -0.3 is 25.5 Å². The van der Waals surface area contributed by atoms with Crippen LogP contribution in [0.5, 0.6) is 0 Å². The van der Waals surface area contributed by atoms with Crippen LogP contribution in [0.15, 0.2) is 57.5 Å². The minimum atomic E-state index is -1.35. The molecule has 0 saturated heterocycles. The molecule has 4 N–H and O–H groups in total. The van der Waals surface area contributed by atoms with Crippen molar-refractivity contribution in [2.24, 2.45) is 10.2 Å². The molecule has 2 amide bonds. The first-order valence-corrected chi connectivity index (χ1v) is 10.7. The molecule has 178 valence electrons. The highest BCUT2D eigenvalue weighted by Gasteiger charge is 2.23. The number of fused-ring (bicyclic) bond motifs is 1. The molecule has 0 bridgehead atoms. The van der Waals surface area contributed by atoms with Crippen molar-refractivity contribution in [2.45, 2.75) is 19.4 Å². The zero-order valence-corrected chi connectivity index (χ0v) is 19.2. The Morgan fingerprint density at radius 2 is 1.74 bits per heavy atom. The van der Waals surface area contributed by atoms with Gasteiger partial charge >= 0.3 is 5.69 Å². The van der Waals surface area contributed by atoms with Crippen LogP contribution in [0.2, 0.25) is 0 Å². The second-order valence-electron chi connectivity index (χ2n) is 8.02. The molecule has 0 fully saturated rings. The van der Waals surface area contributed by atoms with E-state index < -0.39 is 17.7 Å². The summed E-state index contributed by atoms with van der Waals surface area (Å²) >= 11 is 0. The Morgan fingerprint density at radius 3 is 2.41 bits per heavy atom. The van der Waals surface area contributed by atoms with E-state index in [1.54, 1.807) is 42.5 Å². The second kappa shape index (κ2) is 11.1. The summed E-state index contributed by atoms with van der Waals surface area (Å²) in [7, 11) is 3.95. The van der Waals surface area contributed by atoms with E-state index in [1.807, 2.05) is 19.0 Å². The normalized spacial score (nSPS) is 12.2. The molecular formula is C23H27N7O4. The number of azo groups is 1. The van der Waals surface area contributed by atoms with Crippen molar-refractivity contribution in [2.75, 3.05) is 32.5 Å². The molecule has 1 aromatic heterocycles. The first-order valence-electron chi connectivity index (χ1n) is 10.7. The molecule has 0 radical (unpaired) electrons. The van der Waals surface area contributed by atoms with E-state index in [-0.39, 0.29) is 11.6 Å². The van der Waals surface area contributed by atoms with E-state index in [1.165, 1.54) is 6.92 Å². The van der Waals surface area contributed by atoms with Crippen molar-refractivity contribution in [1.29, 1.82) is 0 Å². The largest absolute Gasteiger partial charge is 0.352 e. The van der Waals surface area contributed by atoms with Gasteiger partial charge in [0.2, 0.25) is 6.04 Å². The topological polar surface area (TPSA) is 152 Å². The Hall–Kier alpha value is -4.12. The predicted molar refractivity (Wildman–Crippen MR) is 128 cm³/mol. The number of H-pyrrole nitrogens is 2. The van der Waals surface area contributed by atoms with E-state index in [4.69, 9.17) is 0 Å². The Kier molecular flexibility index (Phi) is 8.04. The van der Waals surface area contributed by atoms with Crippen molar-refractivity contribution in [3.8, 4) is 0 Å². The fourth-order valence-corrected chi connectivity index (χ4v) is 3.14. The van der Waals surface area contributed by atoms with Gasteiger partial charge in [-0.05, 0) is 76.4 Å². The minimum absolute atomic E-state index is 0.191. The molecule has 0 aliphatic heterocycles. The molecule has 0 spiro atoms. The summed E-state index contributed by atoms with van der Waals surface area (Å²) in [5, 5.41) is 13.4. The summed E-state index contributed by atoms with van der Waals surface area (Å²) in [6.07, 6.45) is 0.844. The van der Waals surface area contributed by atoms with Crippen LogP contribution in [0, 0.1) is 0 Å². The molecule has 11 heteroatoms. The molecule has 0 aliphatic rings. The van der Waals surface area contributed by atoms with Crippen molar-refractivity contribution in [3.63, 3.8) is 0 Å². The SMILES string of the molecule is CC(=O)C(N=Nc1ccc(C(=O)NCCCN(C)C)cc1)C(=O)Nc1ccc2[nH]c(=O)[nH]c2c1. The van der Waals surface area contributed by atoms with E-state index in [2.05, 4.69) is 30.8 Å². The number of Topliss-reactive ketones (excluding diaryl/α,β-unsaturated/α-hetero) is 1. The summed E-state index contributed by atoms with van der Waals surface area (Å²) in [6.45, 7) is 2.70. The van der Waals surface area contributed by atoms with Crippen molar-refractivity contribution < 1.29 is 14.4 Å². The van der Waals surface area contributed by atoms with E-state index in [0.717, 1.165) is 13.0 Å². The number of rotatable bonds is 10. The van der Waals surface area contributed by atoms with E-state index in [0.29, 0.717) is 34.5 Å². The summed E-state index contributed by atoms with van der Waals surface area (Å²) in [5.74, 6) is -1.32. The minimum Gasteiger partial charge on any atom is -0.352 e. The van der Waals surface area contributed by atoms with E-state index >= 15 is 0 Å². The number of ketones is 1. The summed E-state index contributed by atoms with van der Waals surface area (Å²) in [6, 6.07) is 9.84. The molecule has 0 saturated carbocycles. The van der Waals surface area contributed by atoms with Gasteiger partial charge in [-0.1, -0.05) is 0 Å². The maximum atomic E-state index is 12.6. The molecule has 0 aliphatic carbocycles. The maximum Gasteiger partial charge on any atom is 0.323 e. The zero-order chi connectivity index (χ0) is 24.7. The van der Waals surface area contributed by atoms with Gasteiger partial charge in [-0.25, -0.2) is 4.79 Å². The number of hydrogen-bond donors (Lipinski definition) is 4. The van der Waals surface area contributed by atoms with Crippen LogP contribution < -0.4 is 16.3 Å². The molecule has 3 aromatic rings. The van der Waals surface area contributed by atoms with Gasteiger partial charge in [0, 0.05) is 17.8 Å². The summed E-state index contributed by atoms with van der Waals surface area (Å²) in [4.78, 5) is 55.4. The standard InChI is InChI=1S/C23H27N7O4/c1-14(31)20(22(33)25-17-9-10-18-19(13-17)27-23(34)26-18)29-28-16-7-5-15(6-8-16)21(32)24-11-4-12-30(2)3/h5-10,13,20H,4,11-12H2,1-3H3,(H,24,32)(H,25,33)(H2,26,27,34). The molecule has 3 rings (SSSR count). The number of aromatic nitrogens is 2. The number of hydrogen-bond acceptors (Lipinski definition) is 7. The second-order valence-corrected chi connectivity index (χ2v) is 8.02. The van der Waals surface area contributed by atoms with Crippen molar-refractivity contribution in [3.05, 3.63) is 58.5 Å². The number of imidazole rings is 1. The first kappa shape index (κ1) is 24.5. The number of benzene rings is 2. The highest BCUT2D eigenvalue weighted by atomic mass is 16.2. The lowest BCUT2D eigenvalue weighted by Gasteiger charge is -2.10. The van der Waals surface area contributed by atoms with Gasteiger partial charge in [0.1, 0.15) is 0 Å². The average Bonchev–Trinajstić information content (AvgIpc) is 3.16.